The molecule has 7 heteroatoms. The van der Waals surface area contributed by atoms with Crippen molar-refractivity contribution in [3.05, 3.63) is 46.8 Å². The van der Waals surface area contributed by atoms with E-state index in [1.54, 1.807) is 24.3 Å². The maximum absolute atomic E-state index is 12.5. The van der Waals surface area contributed by atoms with Crippen LogP contribution in [0.15, 0.2) is 28.8 Å². The number of nitrogens with two attached hydrogens (primary N) is 1. The van der Waals surface area contributed by atoms with Crippen molar-refractivity contribution in [2.75, 3.05) is 5.32 Å². The third-order valence-corrected chi connectivity index (χ3v) is 5.28. The van der Waals surface area contributed by atoms with Crippen molar-refractivity contribution in [2.45, 2.75) is 57.0 Å². The van der Waals surface area contributed by atoms with Crippen LogP contribution in [0.3, 0.4) is 0 Å². The minimum Gasteiger partial charge on any atom is -0.360 e. The molecular weight excluding hydrogens is 344 g/mol. The van der Waals surface area contributed by atoms with Gasteiger partial charge in [-0.2, -0.15) is 0 Å². The summed E-state index contributed by atoms with van der Waals surface area (Å²) < 4.78 is 5.22. The zero-order chi connectivity index (χ0) is 19.0. The van der Waals surface area contributed by atoms with Gasteiger partial charge >= 0.3 is 0 Å². The van der Waals surface area contributed by atoms with Gasteiger partial charge in [0, 0.05) is 35.3 Å². The summed E-state index contributed by atoms with van der Waals surface area (Å²) in [6.45, 7) is 1.85. The molecule has 2 atom stereocenters. The fourth-order valence-electron chi connectivity index (χ4n) is 3.56. The Labute approximate surface area is 157 Å². The molecule has 0 bridgehead atoms. The molecule has 0 spiro atoms. The van der Waals surface area contributed by atoms with Crippen LogP contribution in [0.2, 0.25) is 0 Å². The van der Waals surface area contributed by atoms with Crippen LogP contribution in [0.5, 0.6) is 0 Å². The van der Waals surface area contributed by atoms with E-state index in [-0.39, 0.29) is 29.6 Å². The second kappa shape index (κ2) is 7.15. The van der Waals surface area contributed by atoms with E-state index < -0.39 is 0 Å². The van der Waals surface area contributed by atoms with Gasteiger partial charge < -0.3 is 20.9 Å². The van der Waals surface area contributed by atoms with E-state index in [1.165, 1.54) is 0 Å². The minimum atomic E-state index is -0.317. The Balaban J connectivity index is 1.39. The average molecular weight is 368 g/mol. The van der Waals surface area contributed by atoms with Crippen LogP contribution in [0.4, 0.5) is 5.69 Å². The molecule has 0 saturated heterocycles. The lowest BCUT2D eigenvalue weighted by atomic mass is 10.1. The van der Waals surface area contributed by atoms with E-state index in [9.17, 15) is 9.59 Å². The molecule has 2 aliphatic carbocycles. The first-order valence-electron chi connectivity index (χ1n) is 9.44. The third kappa shape index (κ3) is 4.03. The lowest BCUT2D eigenvalue weighted by Crippen LogP contribution is -2.34. The molecule has 2 saturated carbocycles. The highest BCUT2D eigenvalue weighted by Crippen LogP contribution is 2.40. The predicted octanol–water partition coefficient (Wildman–Crippen LogP) is 2.72. The summed E-state index contributed by atoms with van der Waals surface area (Å²) in [6, 6.07) is 7.25. The van der Waals surface area contributed by atoms with Crippen LogP contribution in [-0.4, -0.2) is 29.1 Å². The Morgan fingerprint density at radius 1 is 1.15 bits per heavy atom. The highest BCUT2D eigenvalue weighted by molar-refractivity contribution is 6.03. The Bertz CT molecular complexity index is 872. The maximum Gasteiger partial charge on any atom is 0.277 e. The summed E-state index contributed by atoms with van der Waals surface area (Å²) in [5.74, 6) is 0.765. The van der Waals surface area contributed by atoms with Crippen LogP contribution in [0.25, 0.3) is 0 Å². The first-order valence-corrected chi connectivity index (χ1v) is 9.44. The second-order valence-corrected chi connectivity index (χ2v) is 7.62. The number of aryl methyl sites for hydroxylation is 1. The van der Waals surface area contributed by atoms with Crippen molar-refractivity contribution >= 4 is 17.5 Å². The zero-order valence-electron chi connectivity index (χ0n) is 15.3. The van der Waals surface area contributed by atoms with Gasteiger partial charge in [-0.05, 0) is 62.8 Å². The number of hydrogen-bond acceptors (Lipinski definition) is 5. The summed E-state index contributed by atoms with van der Waals surface area (Å²) in [5, 5.41) is 9.69. The molecule has 1 heterocycles. The van der Waals surface area contributed by atoms with Crippen molar-refractivity contribution in [3.63, 3.8) is 0 Å². The SMILES string of the molecule is Cc1cc(NC(=O)c2cc(C3CC3)on2)ccc1C(=O)NC1CCC(N)C1. The van der Waals surface area contributed by atoms with E-state index in [0.717, 1.165) is 43.4 Å². The van der Waals surface area contributed by atoms with Gasteiger partial charge in [-0.25, -0.2) is 0 Å². The molecule has 1 aromatic carbocycles. The summed E-state index contributed by atoms with van der Waals surface area (Å²) in [6.07, 6.45) is 4.86. The molecule has 4 N–H and O–H groups in total. The number of aromatic nitrogens is 1. The first kappa shape index (κ1) is 17.7. The van der Waals surface area contributed by atoms with Crippen molar-refractivity contribution < 1.29 is 14.1 Å². The van der Waals surface area contributed by atoms with Gasteiger partial charge in [0.25, 0.3) is 11.8 Å². The largest absolute Gasteiger partial charge is 0.360 e. The average Bonchev–Trinajstić information content (AvgIpc) is 3.21. The fourth-order valence-corrected chi connectivity index (χ4v) is 3.56. The fraction of sp³-hybridized carbons (Fsp3) is 0.450. The van der Waals surface area contributed by atoms with E-state index in [0.29, 0.717) is 17.2 Å². The number of benzene rings is 1. The number of hydrogen-bond donors (Lipinski definition) is 3. The van der Waals surface area contributed by atoms with Gasteiger partial charge in [-0.3, -0.25) is 9.59 Å². The highest BCUT2D eigenvalue weighted by atomic mass is 16.5. The quantitative estimate of drug-likeness (QED) is 0.751. The van der Waals surface area contributed by atoms with E-state index in [1.807, 2.05) is 6.92 Å². The van der Waals surface area contributed by atoms with Gasteiger partial charge in [0.05, 0.1) is 0 Å². The molecule has 4 rings (SSSR count). The molecule has 1 aromatic heterocycles. The number of carbonyl (C=O) groups excluding carboxylic acids is 2. The molecule has 2 fully saturated rings. The van der Waals surface area contributed by atoms with Crippen LogP contribution in [-0.2, 0) is 0 Å². The van der Waals surface area contributed by atoms with Crippen LogP contribution in [0.1, 0.15) is 70.2 Å². The summed E-state index contributed by atoms with van der Waals surface area (Å²) >= 11 is 0. The molecule has 7 nitrogen and oxygen atoms in total. The number of carbonyl (C=O) groups is 2. The van der Waals surface area contributed by atoms with Crippen molar-refractivity contribution in [1.82, 2.24) is 10.5 Å². The van der Waals surface area contributed by atoms with Crippen molar-refractivity contribution in [2.24, 2.45) is 5.73 Å². The lowest BCUT2D eigenvalue weighted by molar-refractivity contribution is 0.0936. The van der Waals surface area contributed by atoms with E-state index >= 15 is 0 Å². The molecule has 27 heavy (non-hydrogen) atoms. The van der Waals surface area contributed by atoms with Crippen molar-refractivity contribution in [1.29, 1.82) is 0 Å². The molecule has 0 aliphatic heterocycles. The highest BCUT2D eigenvalue weighted by Gasteiger charge is 2.29. The number of rotatable bonds is 5. The van der Waals surface area contributed by atoms with Gasteiger partial charge in [-0.15, -0.1) is 0 Å². The van der Waals surface area contributed by atoms with E-state index in [4.69, 9.17) is 10.3 Å². The Hall–Kier alpha value is -2.67. The summed E-state index contributed by atoms with van der Waals surface area (Å²) in [7, 11) is 0. The third-order valence-electron chi connectivity index (χ3n) is 5.28. The van der Waals surface area contributed by atoms with Crippen LogP contribution in [0, 0.1) is 6.92 Å². The molecule has 0 radical (unpaired) electrons. The molecule has 2 aliphatic rings. The summed E-state index contributed by atoms with van der Waals surface area (Å²) in [4.78, 5) is 24.8. The smallest absolute Gasteiger partial charge is 0.277 e. The predicted molar refractivity (Wildman–Crippen MR) is 101 cm³/mol. The number of anilines is 1. The molecule has 2 aromatic rings. The lowest BCUT2D eigenvalue weighted by Gasteiger charge is -2.14. The maximum atomic E-state index is 12.5. The number of nitrogens with one attached hydrogen (secondary N) is 2. The van der Waals surface area contributed by atoms with Gasteiger partial charge in [0.1, 0.15) is 5.76 Å². The Morgan fingerprint density at radius 3 is 2.63 bits per heavy atom. The van der Waals surface area contributed by atoms with E-state index in [2.05, 4.69) is 15.8 Å². The van der Waals surface area contributed by atoms with Gasteiger partial charge in [0.2, 0.25) is 0 Å². The van der Waals surface area contributed by atoms with Crippen molar-refractivity contribution in [3.8, 4) is 0 Å². The number of nitrogens with zero attached hydrogens (tertiary/aromatic N) is 1. The topological polar surface area (TPSA) is 110 Å². The molecule has 142 valence electrons. The number of amides is 2. The normalized spacial score (nSPS) is 21.9. The monoisotopic (exact) mass is 368 g/mol. The van der Waals surface area contributed by atoms with Crippen LogP contribution < -0.4 is 16.4 Å². The minimum absolute atomic E-state index is 0.102. The van der Waals surface area contributed by atoms with Gasteiger partial charge in [-0.1, -0.05) is 5.16 Å². The zero-order valence-corrected chi connectivity index (χ0v) is 15.3. The molecule has 2 amide bonds. The standard InChI is InChI=1S/C20H24N4O3/c1-11-8-14(23-20(26)17-10-18(27-24-17)12-2-3-12)6-7-16(11)19(25)22-15-5-4-13(21)9-15/h6-8,10,12-13,15H,2-5,9,21H2,1H3,(H,22,25)(H,23,26). The van der Waals surface area contributed by atoms with Crippen LogP contribution >= 0.6 is 0 Å². The Morgan fingerprint density at radius 2 is 1.96 bits per heavy atom. The first-order chi connectivity index (χ1) is 13.0. The molecule has 2 unspecified atom stereocenters. The second-order valence-electron chi connectivity index (χ2n) is 7.62. The van der Waals surface area contributed by atoms with Gasteiger partial charge in [0.15, 0.2) is 5.69 Å². The summed E-state index contributed by atoms with van der Waals surface area (Å²) in [5.41, 5.74) is 8.19. The molecular formula is C20H24N4O3. The Kier molecular flexibility index (Phi) is 4.70.